The second-order valence-corrected chi connectivity index (χ2v) is 6.54. The number of benzene rings is 1. The van der Waals surface area contributed by atoms with Crippen LogP contribution in [0.1, 0.15) is 75.5 Å². The summed E-state index contributed by atoms with van der Waals surface area (Å²) in [4.78, 5) is 3.54. The number of phenolic OH excluding ortho intramolecular Hbond substituents is 1. The lowest BCUT2D eigenvalue weighted by Crippen LogP contribution is -2.08. The smallest absolute Gasteiger partial charge is 0.117 e. The van der Waals surface area contributed by atoms with Crippen molar-refractivity contribution in [3.63, 3.8) is 0 Å². The molecule has 1 aromatic heterocycles. The first-order valence-corrected chi connectivity index (χ1v) is 8.63. The molecule has 1 heterocycles. The molecule has 0 bridgehead atoms. The van der Waals surface area contributed by atoms with Gasteiger partial charge in [-0.2, -0.15) is 0 Å². The highest BCUT2D eigenvalue weighted by Crippen LogP contribution is 2.40. The molecule has 3 rings (SSSR count). The third kappa shape index (κ3) is 3.09. The van der Waals surface area contributed by atoms with Crippen molar-refractivity contribution >= 4 is 10.9 Å². The lowest BCUT2D eigenvalue weighted by molar-refractivity contribution is 0.476. The van der Waals surface area contributed by atoms with Crippen molar-refractivity contribution in [3.8, 4) is 5.75 Å². The standard InChI is InChI=1S/C19H27NO/c1-2-3-4-5-6-8-14-9-7-10-17-19(14)16-12-11-15(21)13-18(16)20-17/h11-14,20-21H,2-10H2,1H3. The number of hydrogen-bond acceptors (Lipinski definition) is 1. The van der Waals surface area contributed by atoms with Crippen molar-refractivity contribution < 1.29 is 5.11 Å². The van der Waals surface area contributed by atoms with E-state index in [-0.39, 0.29) is 0 Å². The van der Waals surface area contributed by atoms with Gasteiger partial charge in [-0.25, -0.2) is 0 Å². The molecule has 2 N–H and O–H groups in total. The number of aryl methyl sites for hydroxylation is 1. The lowest BCUT2D eigenvalue weighted by Gasteiger charge is -2.23. The highest BCUT2D eigenvalue weighted by molar-refractivity contribution is 5.86. The number of unbranched alkanes of at least 4 members (excludes halogenated alkanes) is 4. The zero-order chi connectivity index (χ0) is 14.7. The van der Waals surface area contributed by atoms with Crippen LogP contribution < -0.4 is 0 Å². The molecule has 1 unspecified atom stereocenters. The lowest BCUT2D eigenvalue weighted by atomic mass is 9.82. The summed E-state index contributed by atoms with van der Waals surface area (Å²) in [7, 11) is 0. The normalized spacial score (nSPS) is 18.0. The minimum Gasteiger partial charge on any atom is -0.508 e. The highest BCUT2D eigenvalue weighted by Gasteiger charge is 2.24. The summed E-state index contributed by atoms with van der Waals surface area (Å²) in [6, 6.07) is 5.78. The van der Waals surface area contributed by atoms with E-state index in [0.29, 0.717) is 11.7 Å². The van der Waals surface area contributed by atoms with Gasteiger partial charge in [0, 0.05) is 22.7 Å². The Bertz CT molecular complexity index is 599. The fourth-order valence-electron chi connectivity index (χ4n) is 3.88. The third-order valence-corrected chi connectivity index (χ3v) is 4.95. The van der Waals surface area contributed by atoms with E-state index in [4.69, 9.17) is 0 Å². The number of aromatic nitrogens is 1. The second kappa shape index (κ2) is 6.55. The number of aromatic hydroxyl groups is 1. The number of hydrogen-bond donors (Lipinski definition) is 2. The van der Waals surface area contributed by atoms with Gasteiger partial charge in [0.25, 0.3) is 0 Å². The van der Waals surface area contributed by atoms with Crippen molar-refractivity contribution in [2.24, 2.45) is 0 Å². The molecule has 1 atom stereocenters. The molecule has 0 saturated heterocycles. The number of H-pyrrole nitrogens is 1. The SMILES string of the molecule is CCCCCCCC1CCCc2[nH]c3cc(O)ccc3c21. The average Bonchev–Trinajstić information content (AvgIpc) is 2.85. The summed E-state index contributed by atoms with van der Waals surface area (Å²) >= 11 is 0. The van der Waals surface area contributed by atoms with Crippen LogP contribution in [0.4, 0.5) is 0 Å². The maximum absolute atomic E-state index is 9.66. The van der Waals surface area contributed by atoms with E-state index >= 15 is 0 Å². The molecule has 0 aliphatic heterocycles. The van der Waals surface area contributed by atoms with Gasteiger partial charge in [0.05, 0.1) is 0 Å². The molecule has 1 aromatic carbocycles. The quantitative estimate of drug-likeness (QED) is 0.661. The van der Waals surface area contributed by atoms with Crippen molar-refractivity contribution in [3.05, 3.63) is 29.5 Å². The predicted octanol–water partition coefficient (Wildman–Crippen LogP) is 5.65. The monoisotopic (exact) mass is 285 g/mol. The highest BCUT2D eigenvalue weighted by atomic mass is 16.3. The van der Waals surface area contributed by atoms with Gasteiger partial charge in [0.15, 0.2) is 0 Å². The van der Waals surface area contributed by atoms with Gasteiger partial charge in [-0.1, -0.05) is 39.0 Å². The third-order valence-electron chi connectivity index (χ3n) is 4.95. The summed E-state index contributed by atoms with van der Waals surface area (Å²) in [5, 5.41) is 11.0. The van der Waals surface area contributed by atoms with Gasteiger partial charge in [-0.05, 0) is 49.3 Å². The number of aromatic amines is 1. The van der Waals surface area contributed by atoms with Gasteiger partial charge in [-0.3, -0.25) is 0 Å². The molecule has 1 aliphatic rings. The van der Waals surface area contributed by atoms with Gasteiger partial charge in [0.2, 0.25) is 0 Å². The molecule has 0 radical (unpaired) electrons. The Balaban J connectivity index is 1.75. The van der Waals surface area contributed by atoms with Crippen LogP contribution in [-0.4, -0.2) is 10.1 Å². The molecule has 0 spiro atoms. The molecule has 2 heteroatoms. The molecule has 1 aliphatic carbocycles. The van der Waals surface area contributed by atoms with Crippen molar-refractivity contribution in [2.45, 2.75) is 70.6 Å². The van der Waals surface area contributed by atoms with Crippen LogP contribution in [0, 0.1) is 0 Å². The summed E-state index contributed by atoms with van der Waals surface area (Å²) in [5.74, 6) is 1.07. The van der Waals surface area contributed by atoms with Crippen LogP contribution in [0.3, 0.4) is 0 Å². The second-order valence-electron chi connectivity index (χ2n) is 6.54. The van der Waals surface area contributed by atoms with Crippen molar-refractivity contribution in [2.75, 3.05) is 0 Å². The van der Waals surface area contributed by atoms with E-state index in [1.807, 2.05) is 12.1 Å². The molecule has 0 amide bonds. The van der Waals surface area contributed by atoms with Gasteiger partial charge >= 0.3 is 0 Å². The van der Waals surface area contributed by atoms with Gasteiger partial charge in [0.1, 0.15) is 5.75 Å². The van der Waals surface area contributed by atoms with Crippen LogP contribution in [0.25, 0.3) is 10.9 Å². The molecule has 114 valence electrons. The Kier molecular flexibility index (Phi) is 4.52. The van der Waals surface area contributed by atoms with E-state index in [2.05, 4.69) is 18.0 Å². The first-order valence-electron chi connectivity index (χ1n) is 8.63. The van der Waals surface area contributed by atoms with Crippen LogP contribution in [0.5, 0.6) is 5.75 Å². The van der Waals surface area contributed by atoms with Crippen LogP contribution in [0.15, 0.2) is 18.2 Å². The summed E-state index contributed by atoms with van der Waals surface area (Å²) in [5.41, 5.74) is 4.07. The molecule has 2 nitrogen and oxygen atoms in total. The van der Waals surface area contributed by atoms with Crippen molar-refractivity contribution in [1.29, 1.82) is 0 Å². The Morgan fingerprint density at radius 1 is 1.19 bits per heavy atom. The van der Waals surface area contributed by atoms with Crippen LogP contribution in [0.2, 0.25) is 0 Å². The Morgan fingerprint density at radius 3 is 2.90 bits per heavy atom. The van der Waals surface area contributed by atoms with Gasteiger partial charge < -0.3 is 10.1 Å². The zero-order valence-electron chi connectivity index (χ0n) is 13.1. The molecule has 21 heavy (non-hydrogen) atoms. The van der Waals surface area contributed by atoms with Crippen LogP contribution in [-0.2, 0) is 6.42 Å². The first-order chi connectivity index (χ1) is 10.3. The Morgan fingerprint density at radius 2 is 2.05 bits per heavy atom. The maximum atomic E-state index is 9.66. The number of phenols is 1. The van der Waals surface area contributed by atoms with Crippen LogP contribution >= 0.6 is 0 Å². The summed E-state index contributed by atoms with van der Waals surface area (Å²) < 4.78 is 0. The number of fused-ring (bicyclic) bond motifs is 3. The average molecular weight is 285 g/mol. The minimum atomic E-state index is 0.359. The van der Waals surface area contributed by atoms with E-state index in [9.17, 15) is 5.11 Å². The fourth-order valence-corrected chi connectivity index (χ4v) is 3.88. The molecular weight excluding hydrogens is 258 g/mol. The molecule has 0 saturated carbocycles. The van der Waals surface area contributed by atoms with E-state index in [1.54, 1.807) is 5.56 Å². The van der Waals surface area contributed by atoms with E-state index in [0.717, 1.165) is 11.9 Å². The molecule has 0 fully saturated rings. The minimum absolute atomic E-state index is 0.359. The summed E-state index contributed by atoms with van der Waals surface area (Å²) in [6.45, 7) is 2.27. The molecular formula is C19H27NO. The number of nitrogens with one attached hydrogen (secondary N) is 1. The Labute approximate surface area is 127 Å². The molecule has 2 aromatic rings. The largest absolute Gasteiger partial charge is 0.508 e. The predicted molar refractivity (Wildman–Crippen MR) is 89.0 cm³/mol. The first kappa shape index (κ1) is 14.5. The van der Waals surface area contributed by atoms with E-state index in [1.165, 1.54) is 62.4 Å². The topological polar surface area (TPSA) is 36.0 Å². The maximum Gasteiger partial charge on any atom is 0.117 e. The zero-order valence-corrected chi connectivity index (χ0v) is 13.1. The summed E-state index contributed by atoms with van der Waals surface area (Å²) in [6.07, 6.45) is 11.9. The fraction of sp³-hybridized carbons (Fsp3) is 0.579. The Hall–Kier alpha value is -1.44. The van der Waals surface area contributed by atoms with E-state index < -0.39 is 0 Å². The van der Waals surface area contributed by atoms with Gasteiger partial charge in [-0.15, -0.1) is 0 Å². The van der Waals surface area contributed by atoms with Crippen molar-refractivity contribution in [1.82, 2.24) is 4.98 Å². The number of rotatable bonds is 6.